The summed E-state index contributed by atoms with van der Waals surface area (Å²) in [5.41, 5.74) is 5.28. The zero-order valence-corrected chi connectivity index (χ0v) is 19.7. The van der Waals surface area contributed by atoms with E-state index in [0.29, 0.717) is 5.92 Å². The highest BCUT2D eigenvalue weighted by molar-refractivity contribution is 5.46. The molecule has 168 valence electrons. The number of nitrogens with zero attached hydrogens (tertiary/aromatic N) is 2. The zero-order valence-electron chi connectivity index (χ0n) is 19.7. The Bertz CT molecular complexity index is 963. The molecule has 3 aromatic rings. The molecular formula is C29H36N2O. The maximum absolute atomic E-state index is 6.56. The molecule has 1 fully saturated rings. The van der Waals surface area contributed by atoms with Crippen molar-refractivity contribution in [3.8, 4) is 5.75 Å². The van der Waals surface area contributed by atoms with Crippen molar-refractivity contribution in [2.75, 3.05) is 37.6 Å². The molecule has 1 aliphatic rings. The van der Waals surface area contributed by atoms with Crippen LogP contribution >= 0.6 is 0 Å². The fourth-order valence-electron chi connectivity index (χ4n) is 4.66. The molecule has 0 spiro atoms. The molecule has 0 saturated carbocycles. The second-order valence-electron chi connectivity index (χ2n) is 9.14. The second kappa shape index (κ2) is 10.7. The van der Waals surface area contributed by atoms with Crippen LogP contribution in [0, 0.1) is 6.92 Å². The molecule has 1 heterocycles. The highest BCUT2D eigenvalue weighted by Crippen LogP contribution is 2.29. The number of hydrogen-bond donors (Lipinski definition) is 0. The van der Waals surface area contributed by atoms with Crippen LogP contribution in [0.5, 0.6) is 5.75 Å². The third kappa shape index (κ3) is 5.72. The molecular weight excluding hydrogens is 392 g/mol. The Morgan fingerprint density at radius 1 is 0.812 bits per heavy atom. The van der Waals surface area contributed by atoms with Crippen molar-refractivity contribution in [1.82, 2.24) is 4.90 Å². The van der Waals surface area contributed by atoms with Gasteiger partial charge in [-0.2, -0.15) is 0 Å². The van der Waals surface area contributed by atoms with Gasteiger partial charge in [0.15, 0.2) is 0 Å². The van der Waals surface area contributed by atoms with Crippen molar-refractivity contribution in [3.05, 3.63) is 95.6 Å². The molecule has 3 heteroatoms. The Balaban J connectivity index is 1.38. The molecule has 0 aliphatic carbocycles. The van der Waals surface area contributed by atoms with E-state index < -0.39 is 0 Å². The molecule has 1 saturated heterocycles. The molecule has 0 N–H and O–H groups in total. The molecule has 3 aromatic carbocycles. The largest absolute Gasteiger partial charge is 0.486 e. The van der Waals surface area contributed by atoms with Crippen LogP contribution in [0.3, 0.4) is 0 Å². The van der Waals surface area contributed by atoms with Gasteiger partial charge in [-0.25, -0.2) is 0 Å². The fraction of sp³-hybridized carbons (Fsp3) is 0.379. The number of benzene rings is 3. The van der Waals surface area contributed by atoms with E-state index >= 15 is 0 Å². The average molecular weight is 429 g/mol. The lowest BCUT2D eigenvalue weighted by molar-refractivity contribution is 0.160. The van der Waals surface area contributed by atoms with Crippen LogP contribution in [-0.2, 0) is 0 Å². The van der Waals surface area contributed by atoms with Crippen LogP contribution < -0.4 is 9.64 Å². The smallest absolute Gasteiger partial charge is 0.125 e. The Morgan fingerprint density at radius 2 is 1.47 bits per heavy atom. The summed E-state index contributed by atoms with van der Waals surface area (Å²) in [6.45, 7) is 12.1. The van der Waals surface area contributed by atoms with E-state index in [9.17, 15) is 0 Å². The van der Waals surface area contributed by atoms with Crippen LogP contribution in [-0.4, -0.2) is 37.6 Å². The van der Waals surface area contributed by atoms with Gasteiger partial charge in [0.25, 0.3) is 0 Å². The highest BCUT2D eigenvalue weighted by Gasteiger charge is 2.20. The summed E-state index contributed by atoms with van der Waals surface area (Å²) in [5.74, 6) is 1.50. The molecule has 32 heavy (non-hydrogen) atoms. The number of rotatable bonds is 8. The monoisotopic (exact) mass is 428 g/mol. The van der Waals surface area contributed by atoms with Gasteiger partial charge in [-0.1, -0.05) is 68.4 Å². The summed E-state index contributed by atoms with van der Waals surface area (Å²) in [6, 6.07) is 28.0. The van der Waals surface area contributed by atoms with Gasteiger partial charge in [-0.3, -0.25) is 4.90 Å². The number of ether oxygens (including phenoxy) is 1. The van der Waals surface area contributed by atoms with Crippen LogP contribution in [0.4, 0.5) is 5.69 Å². The van der Waals surface area contributed by atoms with E-state index in [2.05, 4.69) is 109 Å². The molecule has 0 amide bonds. The summed E-state index contributed by atoms with van der Waals surface area (Å²) in [5, 5.41) is 0. The normalized spacial score (nSPS) is 15.7. The third-order valence-corrected chi connectivity index (χ3v) is 6.51. The van der Waals surface area contributed by atoms with Crippen LogP contribution in [0.1, 0.15) is 49.0 Å². The SMILES string of the molecule is Cc1cc(O[C@@H](CCN2CCN(c3ccccc3)CC2)c2ccccc2)ccc1C(C)C. The number of anilines is 1. The van der Waals surface area contributed by atoms with E-state index in [0.717, 1.165) is 44.9 Å². The van der Waals surface area contributed by atoms with Crippen LogP contribution in [0.2, 0.25) is 0 Å². The Labute approximate surface area is 193 Å². The van der Waals surface area contributed by atoms with Crippen molar-refractivity contribution < 1.29 is 4.74 Å². The lowest BCUT2D eigenvalue weighted by Gasteiger charge is -2.36. The quantitative estimate of drug-likeness (QED) is 0.410. The highest BCUT2D eigenvalue weighted by atomic mass is 16.5. The molecule has 1 atom stereocenters. The van der Waals surface area contributed by atoms with Gasteiger partial charge in [-0.15, -0.1) is 0 Å². The topological polar surface area (TPSA) is 15.7 Å². The Hall–Kier alpha value is -2.78. The predicted octanol–water partition coefficient (Wildman–Crippen LogP) is 6.45. The van der Waals surface area contributed by atoms with E-state index in [1.165, 1.54) is 22.4 Å². The summed E-state index contributed by atoms with van der Waals surface area (Å²) >= 11 is 0. The van der Waals surface area contributed by atoms with Gasteiger partial charge in [0.05, 0.1) is 0 Å². The first kappa shape index (κ1) is 22.4. The Kier molecular flexibility index (Phi) is 7.49. The number of aryl methyl sites for hydroxylation is 1. The number of piperazine rings is 1. The zero-order chi connectivity index (χ0) is 22.3. The van der Waals surface area contributed by atoms with Crippen molar-refractivity contribution >= 4 is 5.69 Å². The predicted molar refractivity (Wildman–Crippen MR) is 135 cm³/mol. The maximum atomic E-state index is 6.56. The van der Waals surface area contributed by atoms with Crippen molar-refractivity contribution in [3.63, 3.8) is 0 Å². The van der Waals surface area contributed by atoms with Gasteiger partial charge in [0.1, 0.15) is 11.9 Å². The molecule has 0 aromatic heterocycles. The second-order valence-corrected chi connectivity index (χ2v) is 9.14. The summed E-state index contributed by atoms with van der Waals surface area (Å²) in [7, 11) is 0. The van der Waals surface area contributed by atoms with Gasteiger partial charge in [0.2, 0.25) is 0 Å². The molecule has 0 bridgehead atoms. The summed E-state index contributed by atoms with van der Waals surface area (Å²) in [6.07, 6.45) is 1.05. The summed E-state index contributed by atoms with van der Waals surface area (Å²) < 4.78 is 6.56. The molecule has 0 unspecified atom stereocenters. The first-order valence-corrected chi connectivity index (χ1v) is 11.9. The van der Waals surface area contributed by atoms with Crippen LogP contribution in [0.15, 0.2) is 78.9 Å². The van der Waals surface area contributed by atoms with Gasteiger partial charge in [0, 0.05) is 44.8 Å². The van der Waals surface area contributed by atoms with Crippen molar-refractivity contribution in [2.45, 2.75) is 39.2 Å². The van der Waals surface area contributed by atoms with Crippen LogP contribution in [0.25, 0.3) is 0 Å². The van der Waals surface area contributed by atoms with E-state index in [-0.39, 0.29) is 6.10 Å². The minimum atomic E-state index is 0.0626. The molecule has 1 aliphatic heterocycles. The fourth-order valence-corrected chi connectivity index (χ4v) is 4.66. The maximum Gasteiger partial charge on any atom is 0.125 e. The minimum absolute atomic E-state index is 0.0626. The number of para-hydroxylation sites is 1. The van der Waals surface area contributed by atoms with Gasteiger partial charge in [-0.05, 0) is 53.8 Å². The van der Waals surface area contributed by atoms with E-state index in [1.54, 1.807) is 0 Å². The lowest BCUT2D eigenvalue weighted by atomic mass is 9.98. The number of hydrogen-bond acceptors (Lipinski definition) is 3. The molecule has 4 rings (SSSR count). The lowest BCUT2D eigenvalue weighted by Crippen LogP contribution is -2.46. The summed E-state index contributed by atoms with van der Waals surface area (Å²) in [4.78, 5) is 5.06. The van der Waals surface area contributed by atoms with E-state index in [4.69, 9.17) is 4.74 Å². The third-order valence-electron chi connectivity index (χ3n) is 6.51. The first-order valence-electron chi connectivity index (χ1n) is 11.9. The average Bonchev–Trinajstić information content (AvgIpc) is 2.83. The van der Waals surface area contributed by atoms with Gasteiger partial charge >= 0.3 is 0 Å². The minimum Gasteiger partial charge on any atom is -0.486 e. The Morgan fingerprint density at radius 3 is 2.09 bits per heavy atom. The van der Waals surface area contributed by atoms with Gasteiger partial charge < -0.3 is 9.64 Å². The standard InChI is InChI=1S/C29H36N2O/c1-23(2)28-15-14-27(22-24(28)3)32-29(25-10-6-4-7-11-25)16-17-30-18-20-31(21-19-30)26-12-8-5-9-13-26/h4-15,22-23,29H,16-21H2,1-3H3/t29-/m0/s1. The molecule has 3 nitrogen and oxygen atoms in total. The first-order chi connectivity index (χ1) is 15.6. The van der Waals surface area contributed by atoms with E-state index in [1.807, 2.05) is 0 Å². The molecule has 0 radical (unpaired) electrons. The van der Waals surface area contributed by atoms with Crippen molar-refractivity contribution in [2.24, 2.45) is 0 Å². The van der Waals surface area contributed by atoms with Crippen molar-refractivity contribution in [1.29, 1.82) is 0 Å².